The van der Waals surface area contributed by atoms with Crippen molar-refractivity contribution in [2.45, 2.75) is 26.7 Å². The van der Waals surface area contributed by atoms with E-state index in [1.54, 1.807) is 0 Å². The Bertz CT molecular complexity index is 841. The maximum atomic E-state index is 12.7. The SMILES string of the molecule is CCN(CCc1ccccc1)C(=O)Cc1nc(-c2ccccc2)oc1C. The first-order valence-corrected chi connectivity index (χ1v) is 9.00. The van der Waals surface area contributed by atoms with E-state index in [9.17, 15) is 4.79 Å². The second kappa shape index (κ2) is 8.48. The molecule has 0 aliphatic carbocycles. The van der Waals surface area contributed by atoms with Crippen LogP contribution in [0.5, 0.6) is 0 Å². The summed E-state index contributed by atoms with van der Waals surface area (Å²) >= 11 is 0. The lowest BCUT2D eigenvalue weighted by Gasteiger charge is -2.20. The molecule has 0 bridgehead atoms. The number of carbonyl (C=O) groups excluding carboxylic acids is 1. The fourth-order valence-electron chi connectivity index (χ4n) is 2.92. The number of hydrogen-bond donors (Lipinski definition) is 0. The normalized spacial score (nSPS) is 10.7. The van der Waals surface area contributed by atoms with Crippen LogP contribution in [0.4, 0.5) is 0 Å². The molecule has 3 aromatic rings. The molecule has 1 heterocycles. The number of carbonyl (C=O) groups is 1. The quantitative estimate of drug-likeness (QED) is 0.640. The zero-order chi connectivity index (χ0) is 18.4. The molecule has 0 radical (unpaired) electrons. The highest BCUT2D eigenvalue weighted by atomic mass is 16.4. The van der Waals surface area contributed by atoms with Gasteiger partial charge in [0.2, 0.25) is 11.8 Å². The molecule has 0 saturated heterocycles. The molecular formula is C22H24N2O2. The van der Waals surface area contributed by atoms with E-state index < -0.39 is 0 Å². The van der Waals surface area contributed by atoms with Crippen LogP contribution < -0.4 is 0 Å². The highest BCUT2D eigenvalue weighted by molar-refractivity contribution is 5.78. The third-order valence-corrected chi connectivity index (χ3v) is 4.48. The zero-order valence-electron chi connectivity index (χ0n) is 15.3. The van der Waals surface area contributed by atoms with Crippen molar-refractivity contribution in [2.24, 2.45) is 0 Å². The summed E-state index contributed by atoms with van der Waals surface area (Å²) in [6, 6.07) is 20.0. The molecule has 26 heavy (non-hydrogen) atoms. The van der Waals surface area contributed by atoms with E-state index in [-0.39, 0.29) is 12.3 Å². The molecule has 0 saturated carbocycles. The van der Waals surface area contributed by atoms with Gasteiger partial charge in [-0.15, -0.1) is 0 Å². The van der Waals surface area contributed by atoms with Crippen molar-refractivity contribution in [1.29, 1.82) is 0 Å². The van der Waals surface area contributed by atoms with Gasteiger partial charge in [0.15, 0.2) is 0 Å². The summed E-state index contributed by atoms with van der Waals surface area (Å²) in [4.78, 5) is 19.1. The smallest absolute Gasteiger partial charge is 0.228 e. The molecule has 0 fully saturated rings. The monoisotopic (exact) mass is 348 g/mol. The van der Waals surface area contributed by atoms with E-state index in [2.05, 4.69) is 17.1 Å². The third-order valence-electron chi connectivity index (χ3n) is 4.48. The number of aryl methyl sites for hydroxylation is 1. The molecule has 0 unspecified atom stereocenters. The Kier molecular flexibility index (Phi) is 5.84. The molecule has 134 valence electrons. The molecule has 1 aromatic heterocycles. The molecule has 4 nitrogen and oxygen atoms in total. The average Bonchev–Trinajstić information content (AvgIpc) is 3.04. The largest absolute Gasteiger partial charge is 0.441 e. The van der Waals surface area contributed by atoms with Crippen molar-refractivity contribution in [2.75, 3.05) is 13.1 Å². The number of nitrogens with zero attached hydrogens (tertiary/aromatic N) is 2. The van der Waals surface area contributed by atoms with E-state index in [4.69, 9.17) is 4.42 Å². The predicted molar refractivity (Wildman–Crippen MR) is 103 cm³/mol. The first-order chi connectivity index (χ1) is 12.7. The number of amides is 1. The first-order valence-electron chi connectivity index (χ1n) is 9.00. The number of hydrogen-bond acceptors (Lipinski definition) is 3. The first kappa shape index (κ1) is 17.9. The minimum atomic E-state index is 0.0828. The Labute approximate surface area is 154 Å². The van der Waals surface area contributed by atoms with Crippen LogP contribution in [-0.4, -0.2) is 28.9 Å². The van der Waals surface area contributed by atoms with Crippen molar-refractivity contribution in [3.8, 4) is 11.5 Å². The van der Waals surface area contributed by atoms with Gasteiger partial charge in [0.05, 0.1) is 12.1 Å². The molecular weight excluding hydrogens is 324 g/mol. The van der Waals surface area contributed by atoms with E-state index in [0.717, 1.165) is 12.0 Å². The summed E-state index contributed by atoms with van der Waals surface area (Å²) in [6.45, 7) is 5.27. The van der Waals surface area contributed by atoms with Crippen LogP contribution in [0.2, 0.25) is 0 Å². The molecule has 0 aliphatic heterocycles. The fraction of sp³-hybridized carbons (Fsp3) is 0.273. The second-order valence-corrected chi connectivity index (χ2v) is 6.27. The second-order valence-electron chi connectivity index (χ2n) is 6.27. The van der Waals surface area contributed by atoms with Crippen LogP contribution in [0.3, 0.4) is 0 Å². The molecule has 0 atom stereocenters. The lowest BCUT2D eigenvalue weighted by Crippen LogP contribution is -2.34. The lowest BCUT2D eigenvalue weighted by atomic mass is 10.1. The van der Waals surface area contributed by atoms with Crippen molar-refractivity contribution >= 4 is 5.91 Å². The molecule has 4 heteroatoms. The van der Waals surface area contributed by atoms with Gasteiger partial charge < -0.3 is 9.32 Å². The minimum Gasteiger partial charge on any atom is -0.441 e. The van der Waals surface area contributed by atoms with Gasteiger partial charge in [-0.25, -0.2) is 4.98 Å². The summed E-state index contributed by atoms with van der Waals surface area (Å²) in [7, 11) is 0. The van der Waals surface area contributed by atoms with Gasteiger partial charge in [-0.1, -0.05) is 48.5 Å². The number of aromatic nitrogens is 1. The number of benzene rings is 2. The van der Waals surface area contributed by atoms with Gasteiger partial charge in [0, 0.05) is 18.7 Å². The van der Waals surface area contributed by atoms with Crippen molar-refractivity contribution in [1.82, 2.24) is 9.88 Å². The Hall–Kier alpha value is -2.88. The summed E-state index contributed by atoms with van der Waals surface area (Å²) in [5, 5.41) is 0. The molecule has 1 amide bonds. The molecule has 0 aliphatic rings. The maximum Gasteiger partial charge on any atom is 0.228 e. The van der Waals surface area contributed by atoms with Gasteiger partial charge in [0.1, 0.15) is 5.76 Å². The van der Waals surface area contributed by atoms with Gasteiger partial charge >= 0.3 is 0 Å². The number of oxazole rings is 1. The maximum absolute atomic E-state index is 12.7. The van der Waals surface area contributed by atoms with E-state index in [0.29, 0.717) is 30.4 Å². The fourth-order valence-corrected chi connectivity index (χ4v) is 2.92. The Morgan fingerprint density at radius 2 is 1.69 bits per heavy atom. The van der Waals surface area contributed by atoms with Crippen LogP contribution in [0.15, 0.2) is 65.1 Å². The van der Waals surface area contributed by atoms with E-state index in [1.165, 1.54) is 5.56 Å². The van der Waals surface area contributed by atoms with Crippen LogP contribution in [0.1, 0.15) is 23.9 Å². The Morgan fingerprint density at radius 3 is 2.35 bits per heavy atom. The summed E-state index contributed by atoms with van der Waals surface area (Å²) in [6.07, 6.45) is 1.12. The summed E-state index contributed by atoms with van der Waals surface area (Å²) in [5.41, 5.74) is 2.88. The molecule has 0 N–H and O–H groups in total. The molecule has 2 aromatic carbocycles. The zero-order valence-corrected chi connectivity index (χ0v) is 15.3. The van der Waals surface area contributed by atoms with Gasteiger partial charge in [-0.2, -0.15) is 0 Å². The third kappa shape index (κ3) is 4.39. The van der Waals surface area contributed by atoms with Gasteiger partial charge in [-0.3, -0.25) is 4.79 Å². The van der Waals surface area contributed by atoms with Gasteiger partial charge in [-0.05, 0) is 38.0 Å². The molecule has 0 spiro atoms. The summed E-state index contributed by atoms with van der Waals surface area (Å²) < 4.78 is 5.76. The van der Waals surface area contributed by atoms with Crippen molar-refractivity contribution in [3.63, 3.8) is 0 Å². The summed E-state index contributed by atoms with van der Waals surface area (Å²) in [5.74, 6) is 1.36. The van der Waals surface area contributed by atoms with Crippen molar-refractivity contribution < 1.29 is 9.21 Å². The van der Waals surface area contributed by atoms with Crippen LogP contribution >= 0.6 is 0 Å². The Morgan fingerprint density at radius 1 is 1.04 bits per heavy atom. The highest BCUT2D eigenvalue weighted by Crippen LogP contribution is 2.22. The van der Waals surface area contributed by atoms with E-state index >= 15 is 0 Å². The van der Waals surface area contributed by atoms with Crippen LogP contribution in [0.25, 0.3) is 11.5 Å². The topological polar surface area (TPSA) is 46.3 Å². The standard InChI is InChI=1S/C22H24N2O2/c1-3-24(15-14-18-10-6-4-7-11-18)21(25)16-20-17(2)26-22(23-20)19-12-8-5-9-13-19/h4-13H,3,14-16H2,1-2H3. The van der Waals surface area contributed by atoms with Crippen molar-refractivity contribution in [3.05, 3.63) is 77.7 Å². The lowest BCUT2D eigenvalue weighted by molar-refractivity contribution is -0.130. The molecule has 3 rings (SSSR count). The van der Waals surface area contributed by atoms with Crippen LogP contribution in [-0.2, 0) is 17.6 Å². The Balaban J connectivity index is 1.65. The predicted octanol–water partition coefficient (Wildman–Crippen LogP) is 4.28. The minimum absolute atomic E-state index is 0.0828. The van der Waals surface area contributed by atoms with Crippen LogP contribution in [0, 0.1) is 6.92 Å². The van der Waals surface area contributed by atoms with E-state index in [1.807, 2.05) is 67.3 Å². The average molecular weight is 348 g/mol. The highest BCUT2D eigenvalue weighted by Gasteiger charge is 2.18. The number of rotatable bonds is 7. The number of likely N-dealkylation sites (N-methyl/N-ethyl adjacent to an activating group) is 1. The van der Waals surface area contributed by atoms with Gasteiger partial charge in [0.25, 0.3) is 0 Å².